The van der Waals surface area contributed by atoms with Gasteiger partial charge in [0.1, 0.15) is 4.83 Å². The Kier molecular flexibility index (Phi) is 4.15. The van der Waals surface area contributed by atoms with E-state index in [-0.39, 0.29) is 6.54 Å². The molecule has 1 unspecified atom stereocenters. The lowest BCUT2D eigenvalue weighted by molar-refractivity contribution is -0.131. The van der Waals surface area contributed by atoms with Crippen LogP contribution in [0.2, 0.25) is 0 Å². The van der Waals surface area contributed by atoms with Crippen LogP contribution in [0.5, 0.6) is 0 Å². The average molecular weight is 328 g/mol. The lowest BCUT2D eigenvalue weighted by Gasteiger charge is -2.25. The molecule has 1 aromatic rings. The van der Waals surface area contributed by atoms with Crippen molar-refractivity contribution in [2.75, 3.05) is 6.54 Å². The summed E-state index contributed by atoms with van der Waals surface area (Å²) in [7, 11) is 0. The molecule has 1 aliphatic rings. The third kappa shape index (κ3) is 3.96. The second-order valence-corrected chi connectivity index (χ2v) is 6.19. The quantitative estimate of drug-likeness (QED) is 0.738. The van der Waals surface area contributed by atoms with Crippen LogP contribution in [0.4, 0.5) is 13.2 Å². The highest BCUT2D eigenvalue weighted by atomic mass is 79.9. The van der Waals surface area contributed by atoms with E-state index in [1.165, 1.54) is 0 Å². The Morgan fingerprint density at radius 3 is 2.65 bits per heavy atom. The van der Waals surface area contributed by atoms with E-state index in [0.717, 1.165) is 18.4 Å². The molecule has 17 heavy (non-hydrogen) atoms. The van der Waals surface area contributed by atoms with Crippen LogP contribution in [-0.2, 0) is 6.54 Å². The first-order valence-electron chi connectivity index (χ1n) is 5.42. The van der Waals surface area contributed by atoms with Gasteiger partial charge in [0.25, 0.3) is 0 Å². The summed E-state index contributed by atoms with van der Waals surface area (Å²) in [5.74, 6) is 0. The minimum absolute atomic E-state index is 0.0318. The van der Waals surface area contributed by atoms with Crippen LogP contribution < -0.4 is 0 Å². The fraction of sp³-hybridized carbons (Fsp3) is 0.636. The van der Waals surface area contributed by atoms with Crippen LogP contribution in [0.3, 0.4) is 0 Å². The Bertz CT molecular complexity index is 348. The second kappa shape index (κ2) is 5.28. The number of hydrogen-bond donors (Lipinski definition) is 0. The van der Waals surface area contributed by atoms with E-state index in [1.54, 1.807) is 11.3 Å². The van der Waals surface area contributed by atoms with E-state index in [0.29, 0.717) is 12.6 Å². The molecule has 1 heterocycles. The highest BCUT2D eigenvalue weighted by molar-refractivity contribution is 9.09. The summed E-state index contributed by atoms with van der Waals surface area (Å²) in [4.78, 5) is 0.490. The summed E-state index contributed by atoms with van der Waals surface area (Å²) in [5.41, 5.74) is 1.10. The van der Waals surface area contributed by atoms with Gasteiger partial charge in [-0.25, -0.2) is 0 Å². The maximum atomic E-state index is 12.5. The number of halogens is 4. The Hall–Kier alpha value is -0.0700. The molecule has 1 aromatic heterocycles. The third-order valence-corrected chi connectivity index (χ3v) is 4.32. The van der Waals surface area contributed by atoms with Crippen molar-refractivity contribution in [2.24, 2.45) is 0 Å². The standard InChI is InChI=1S/C11H13BrF3NS/c12-10(11(13,14)15)6-16(9-1-2-9)5-8-3-4-17-7-8/h3-4,7,9-10H,1-2,5-6H2. The highest BCUT2D eigenvalue weighted by Crippen LogP contribution is 2.33. The van der Waals surface area contributed by atoms with E-state index in [2.05, 4.69) is 15.9 Å². The van der Waals surface area contributed by atoms with Gasteiger partial charge in [0.05, 0.1) is 0 Å². The Labute approximate surface area is 111 Å². The van der Waals surface area contributed by atoms with Gasteiger partial charge in [0, 0.05) is 19.1 Å². The zero-order valence-electron chi connectivity index (χ0n) is 9.08. The fourth-order valence-corrected chi connectivity index (χ4v) is 2.74. The molecular weight excluding hydrogens is 315 g/mol. The number of hydrogen-bond acceptors (Lipinski definition) is 2. The van der Waals surface area contributed by atoms with Gasteiger partial charge < -0.3 is 0 Å². The topological polar surface area (TPSA) is 3.24 Å². The first kappa shape index (κ1) is 13.4. The van der Waals surface area contributed by atoms with Crippen molar-refractivity contribution in [3.8, 4) is 0 Å². The lowest BCUT2D eigenvalue weighted by Crippen LogP contribution is -2.38. The van der Waals surface area contributed by atoms with Crippen molar-refractivity contribution in [3.05, 3.63) is 22.4 Å². The number of nitrogens with zero attached hydrogens (tertiary/aromatic N) is 1. The molecule has 0 saturated heterocycles. The molecule has 0 bridgehead atoms. The van der Waals surface area contributed by atoms with E-state index in [4.69, 9.17) is 0 Å². The van der Waals surface area contributed by atoms with Crippen LogP contribution in [0.15, 0.2) is 16.8 Å². The van der Waals surface area contributed by atoms with Crippen molar-refractivity contribution >= 4 is 27.3 Å². The Morgan fingerprint density at radius 1 is 1.47 bits per heavy atom. The van der Waals surface area contributed by atoms with Crippen LogP contribution in [0.25, 0.3) is 0 Å². The Morgan fingerprint density at radius 2 is 2.18 bits per heavy atom. The van der Waals surface area contributed by atoms with Gasteiger partial charge in [-0.05, 0) is 35.2 Å². The maximum absolute atomic E-state index is 12.5. The lowest BCUT2D eigenvalue weighted by atomic mass is 10.3. The smallest absolute Gasteiger partial charge is 0.295 e. The summed E-state index contributed by atoms with van der Waals surface area (Å²) in [5, 5.41) is 3.95. The zero-order chi connectivity index (χ0) is 12.5. The molecular formula is C11H13BrF3NS. The summed E-state index contributed by atoms with van der Waals surface area (Å²) in [6.07, 6.45) is -2.13. The molecule has 1 aliphatic carbocycles. The zero-order valence-corrected chi connectivity index (χ0v) is 11.5. The molecule has 0 spiro atoms. The molecule has 96 valence electrons. The van der Waals surface area contributed by atoms with Gasteiger partial charge >= 0.3 is 6.18 Å². The predicted octanol–water partition coefficient (Wildman–Crippen LogP) is 4.04. The second-order valence-electron chi connectivity index (χ2n) is 4.30. The molecule has 6 heteroatoms. The molecule has 1 nitrogen and oxygen atoms in total. The van der Waals surface area contributed by atoms with Crippen LogP contribution >= 0.6 is 27.3 Å². The van der Waals surface area contributed by atoms with Gasteiger partial charge in [0.2, 0.25) is 0 Å². The molecule has 0 aliphatic heterocycles. The fourth-order valence-electron chi connectivity index (χ4n) is 1.71. The summed E-state index contributed by atoms with van der Waals surface area (Å²) in [6, 6.07) is 2.30. The molecule has 0 N–H and O–H groups in total. The van der Waals surface area contributed by atoms with E-state index in [9.17, 15) is 13.2 Å². The van der Waals surface area contributed by atoms with Gasteiger partial charge in [-0.2, -0.15) is 24.5 Å². The minimum atomic E-state index is -4.16. The highest BCUT2D eigenvalue weighted by Gasteiger charge is 2.41. The van der Waals surface area contributed by atoms with E-state index in [1.807, 2.05) is 21.7 Å². The van der Waals surface area contributed by atoms with Gasteiger partial charge in [-0.15, -0.1) is 0 Å². The molecule has 1 fully saturated rings. The maximum Gasteiger partial charge on any atom is 0.402 e. The van der Waals surface area contributed by atoms with Crippen molar-refractivity contribution in [1.29, 1.82) is 0 Å². The predicted molar refractivity (Wildman–Crippen MR) is 66.5 cm³/mol. The molecule has 1 saturated carbocycles. The van der Waals surface area contributed by atoms with Crippen LogP contribution in [0, 0.1) is 0 Å². The number of rotatable bonds is 5. The van der Waals surface area contributed by atoms with Gasteiger partial charge in [-0.1, -0.05) is 15.9 Å². The largest absolute Gasteiger partial charge is 0.402 e. The number of alkyl halides is 4. The van der Waals surface area contributed by atoms with Gasteiger partial charge in [0.15, 0.2) is 0 Å². The monoisotopic (exact) mass is 327 g/mol. The van der Waals surface area contributed by atoms with E-state index < -0.39 is 11.0 Å². The van der Waals surface area contributed by atoms with Crippen LogP contribution in [-0.4, -0.2) is 28.5 Å². The molecule has 0 radical (unpaired) electrons. The first-order valence-corrected chi connectivity index (χ1v) is 7.28. The van der Waals surface area contributed by atoms with Crippen LogP contribution in [0.1, 0.15) is 18.4 Å². The summed E-state index contributed by atoms with van der Waals surface area (Å²) >= 11 is 4.31. The summed E-state index contributed by atoms with van der Waals surface area (Å²) < 4.78 is 37.5. The minimum Gasteiger partial charge on any atom is -0.295 e. The van der Waals surface area contributed by atoms with E-state index >= 15 is 0 Å². The molecule has 2 rings (SSSR count). The van der Waals surface area contributed by atoms with Crippen molar-refractivity contribution in [2.45, 2.75) is 36.4 Å². The van der Waals surface area contributed by atoms with Crippen molar-refractivity contribution in [3.63, 3.8) is 0 Å². The third-order valence-electron chi connectivity index (χ3n) is 2.78. The summed E-state index contributed by atoms with van der Waals surface area (Å²) in [6.45, 7) is 0.649. The first-order chi connectivity index (χ1) is 7.97. The van der Waals surface area contributed by atoms with Crippen molar-refractivity contribution in [1.82, 2.24) is 4.90 Å². The SMILES string of the molecule is FC(F)(F)C(Br)CN(Cc1ccsc1)C1CC1. The molecule has 1 atom stereocenters. The molecule has 0 amide bonds. The van der Waals surface area contributed by atoms with Gasteiger partial charge in [-0.3, -0.25) is 4.90 Å². The normalized spacial score (nSPS) is 18.6. The molecule has 0 aromatic carbocycles. The number of thiophene rings is 1. The van der Waals surface area contributed by atoms with Crippen molar-refractivity contribution < 1.29 is 13.2 Å². The average Bonchev–Trinajstić information content (AvgIpc) is 2.95. The Balaban J connectivity index is 1.94.